The molecular weight excluding hydrogens is 448 g/mol. The van der Waals surface area contributed by atoms with Crippen molar-refractivity contribution in [3.8, 4) is 0 Å². The number of nitrogens with one attached hydrogen (secondary N) is 3. The van der Waals surface area contributed by atoms with E-state index in [1.807, 2.05) is 12.1 Å². The number of hydrogen-bond acceptors (Lipinski definition) is 6. The van der Waals surface area contributed by atoms with E-state index in [4.69, 9.17) is 9.26 Å². The van der Waals surface area contributed by atoms with Crippen molar-refractivity contribution in [2.24, 2.45) is 11.8 Å². The van der Waals surface area contributed by atoms with Gasteiger partial charge in [-0.2, -0.15) is 0 Å². The molecule has 1 unspecified atom stereocenters. The maximum Gasteiger partial charge on any atom is 0.257 e. The van der Waals surface area contributed by atoms with E-state index < -0.39 is 11.5 Å². The molecule has 2 aromatic rings. The highest BCUT2D eigenvalue weighted by Gasteiger charge is 2.47. The summed E-state index contributed by atoms with van der Waals surface area (Å²) in [6, 6.07) is 4.88. The van der Waals surface area contributed by atoms with Crippen LogP contribution in [0.15, 0.2) is 29.0 Å². The summed E-state index contributed by atoms with van der Waals surface area (Å²) in [5.41, 5.74) is 2.52. The van der Waals surface area contributed by atoms with Crippen molar-refractivity contribution in [3.63, 3.8) is 0 Å². The summed E-state index contributed by atoms with van der Waals surface area (Å²) in [4.78, 5) is 39.2. The monoisotopic (exact) mass is 480 g/mol. The maximum absolute atomic E-state index is 13.5. The smallest absolute Gasteiger partial charge is 0.257 e. The molecule has 1 aliphatic carbocycles. The third kappa shape index (κ3) is 4.45. The second-order valence-electron chi connectivity index (χ2n) is 10.2. The van der Waals surface area contributed by atoms with Gasteiger partial charge in [0, 0.05) is 24.6 Å². The largest absolute Gasteiger partial charge is 0.381 e. The molecule has 1 aromatic carbocycles. The normalized spacial score (nSPS) is 23.9. The molecular formula is C26H32N4O5. The van der Waals surface area contributed by atoms with Gasteiger partial charge in [0.25, 0.3) is 5.91 Å². The Hall–Kier alpha value is -3.20. The van der Waals surface area contributed by atoms with Crippen molar-refractivity contribution in [1.29, 1.82) is 0 Å². The Bertz CT molecular complexity index is 1130. The molecule has 35 heavy (non-hydrogen) atoms. The maximum atomic E-state index is 13.5. The first-order valence-corrected chi connectivity index (χ1v) is 12.4. The number of fused-ring (bicyclic) bond motifs is 2. The van der Waals surface area contributed by atoms with E-state index in [0.717, 1.165) is 36.9 Å². The number of carbonyl (C=O) groups excluding carboxylic acids is 3. The van der Waals surface area contributed by atoms with E-state index in [0.29, 0.717) is 48.9 Å². The zero-order chi connectivity index (χ0) is 24.6. The molecule has 3 aliphatic rings. The van der Waals surface area contributed by atoms with Crippen LogP contribution in [0.5, 0.6) is 0 Å². The van der Waals surface area contributed by atoms with Gasteiger partial charge >= 0.3 is 0 Å². The van der Waals surface area contributed by atoms with E-state index in [-0.39, 0.29) is 23.6 Å². The van der Waals surface area contributed by atoms with Crippen LogP contribution in [-0.2, 0) is 19.7 Å². The minimum atomic E-state index is -0.686. The average Bonchev–Trinajstić information content (AvgIpc) is 3.39. The predicted octanol–water partition coefficient (Wildman–Crippen LogP) is 3.55. The molecule has 1 aromatic heterocycles. The summed E-state index contributed by atoms with van der Waals surface area (Å²) in [6.07, 6.45) is 6.38. The zero-order valence-corrected chi connectivity index (χ0v) is 20.2. The third-order valence-corrected chi connectivity index (χ3v) is 7.93. The first-order chi connectivity index (χ1) is 16.9. The van der Waals surface area contributed by atoms with Crippen molar-refractivity contribution in [2.75, 3.05) is 23.8 Å². The fourth-order valence-corrected chi connectivity index (χ4v) is 5.69. The molecule has 1 atom stereocenters. The second kappa shape index (κ2) is 9.45. The molecule has 1 spiro atoms. The number of aryl methyl sites for hydroxylation is 1. The number of hydrogen-bond donors (Lipinski definition) is 3. The number of anilines is 2. The molecule has 0 radical (unpaired) electrons. The molecule has 1 saturated heterocycles. The number of benzene rings is 1. The van der Waals surface area contributed by atoms with Gasteiger partial charge in [0.15, 0.2) is 0 Å². The summed E-state index contributed by atoms with van der Waals surface area (Å²) in [5, 5.41) is 12.7. The van der Waals surface area contributed by atoms with Crippen LogP contribution in [0.2, 0.25) is 0 Å². The van der Waals surface area contributed by atoms with E-state index >= 15 is 0 Å². The van der Waals surface area contributed by atoms with Crippen LogP contribution < -0.4 is 16.0 Å². The molecule has 186 valence electrons. The highest BCUT2D eigenvalue weighted by atomic mass is 16.5. The molecule has 3 amide bonds. The van der Waals surface area contributed by atoms with Crippen LogP contribution >= 0.6 is 0 Å². The standard InChI is InChI=1S/C26H32N4O5/c1-15-3-5-17(6-4-15)22(29-23(31)19-14-35-30-16(19)2)24(32)27-18-7-8-20-21(13-18)28-25(33)26(20)9-11-34-12-10-26/h7-8,13-15,17,22H,3-6,9-12H2,1-2H3,(H,27,32)(H,28,33)(H,29,31). The van der Waals surface area contributed by atoms with E-state index in [1.165, 1.54) is 6.26 Å². The summed E-state index contributed by atoms with van der Waals surface area (Å²) < 4.78 is 10.4. The predicted molar refractivity (Wildman–Crippen MR) is 129 cm³/mol. The molecule has 9 nitrogen and oxygen atoms in total. The lowest BCUT2D eigenvalue weighted by Gasteiger charge is -2.32. The van der Waals surface area contributed by atoms with Crippen molar-refractivity contribution < 1.29 is 23.6 Å². The molecule has 3 heterocycles. The molecule has 2 fully saturated rings. The van der Waals surface area contributed by atoms with Crippen LogP contribution in [0.4, 0.5) is 11.4 Å². The summed E-state index contributed by atoms with van der Waals surface area (Å²) in [5.74, 6) is 0.00543. The fourth-order valence-electron chi connectivity index (χ4n) is 5.69. The van der Waals surface area contributed by atoms with Gasteiger partial charge in [-0.1, -0.05) is 31.0 Å². The molecule has 2 aliphatic heterocycles. The molecule has 1 saturated carbocycles. The number of nitrogens with zero attached hydrogens (tertiary/aromatic N) is 1. The lowest BCUT2D eigenvalue weighted by atomic mass is 9.75. The average molecular weight is 481 g/mol. The highest BCUT2D eigenvalue weighted by molar-refractivity contribution is 6.07. The lowest BCUT2D eigenvalue weighted by molar-refractivity contribution is -0.124. The molecule has 3 N–H and O–H groups in total. The van der Waals surface area contributed by atoms with Crippen LogP contribution in [0.1, 0.15) is 67.1 Å². The van der Waals surface area contributed by atoms with Crippen LogP contribution in [0.25, 0.3) is 0 Å². The van der Waals surface area contributed by atoms with Crippen LogP contribution in [0.3, 0.4) is 0 Å². The molecule has 9 heteroatoms. The Labute approximate surface area is 204 Å². The first-order valence-electron chi connectivity index (χ1n) is 12.4. The number of rotatable bonds is 5. The highest BCUT2D eigenvalue weighted by Crippen LogP contribution is 2.45. The Kier molecular flexibility index (Phi) is 6.35. The van der Waals surface area contributed by atoms with Gasteiger partial charge in [-0.3, -0.25) is 14.4 Å². The topological polar surface area (TPSA) is 123 Å². The van der Waals surface area contributed by atoms with Gasteiger partial charge in [-0.15, -0.1) is 0 Å². The van der Waals surface area contributed by atoms with E-state index in [2.05, 4.69) is 28.0 Å². The van der Waals surface area contributed by atoms with Gasteiger partial charge in [0.05, 0.1) is 11.1 Å². The quantitative estimate of drug-likeness (QED) is 0.602. The Morgan fingerprint density at radius 2 is 1.91 bits per heavy atom. The third-order valence-electron chi connectivity index (χ3n) is 7.93. The second-order valence-corrected chi connectivity index (χ2v) is 10.2. The van der Waals surface area contributed by atoms with E-state index in [9.17, 15) is 14.4 Å². The van der Waals surface area contributed by atoms with Gasteiger partial charge in [0.1, 0.15) is 17.9 Å². The van der Waals surface area contributed by atoms with Crippen molar-refractivity contribution in [3.05, 3.63) is 41.3 Å². The van der Waals surface area contributed by atoms with Gasteiger partial charge in [-0.25, -0.2) is 0 Å². The van der Waals surface area contributed by atoms with Crippen molar-refractivity contribution in [2.45, 2.75) is 63.8 Å². The summed E-state index contributed by atoms with van der Waals surface area (Å²) in [7, 11) is 0. The summed E-state index contributed by atoms with van der Waals surface area (Å²) >= 11 is 0. The summed E-state index contributed by atoms with van der Waals surface area (Å²) in [6.45, 7) is 5.02. The van der Waals surface area contributed by atoms with Crippen molar-refractivity contribution in [1.82, 2.24) is 10.5 Å². The van der Waals surface area contributed by atoms with Gasteiger partial charge in [-0.05, 0) is 62.1 Å². The fraction of sp³-hybridized carbons (Fsp3) is 0.538. The minimum absolute atomic E-state index is 0.00941. The Morgan fingerprint density at radius 3 is 2.60 bits per heavy atom. The number of aromatic nitrogens is 1. The SMILES string of the molecule is Cc1nocc1C(=O)NC(C(=O)Nc1ccc2c(c1)NC(=O)C21CCOCC1)C1CCC(C)CC1. The molecule has 5 rings (SSSR count). The number of carbonyl (C=O) groups is 3. The minimum Gasteiger partial charge on any atom is -0.381 e. The van der Waals surface area contributed by atoms with E-state index in [1.54, 1.807) is 13.0 Å². The van der Waals surface area contributed by atoms with Crippen molar-refractivity contribution >= 4 is 29.1 Å². The Morgan fingerprint density at radius 1 is 1.17 bits per heavy atom. The molecule has 0 bridgehead atoms. The van der Waals surface area contributed by atoms with Crippen LogP contribution in [0, 0.1) is 18.8 Å². The number of amides is 3. The van der Waals surface area contributed by atoms with Crippen LogP contribution in [-0.4, -0.2) is 42.1 Å². The Balaban J connectivity index is 1.35. The lowest BCUT2D eigenvalue weighted by Crippen LogP contribution is -2.49. The zero-order valence-electron chi connectivity index (χ0n) is 20.2. The van der Waals surface area contributed by atoms with Gasteiger partial charge in [0.2, 0.25) is 11.8 Å². The van der Waals surface area contributed by atoms with Gasteiger partial charge < -0.3 is 25.2 Å². The first kappa shape index (κ1) is 23.5. The number of ether oxygens (including phenoxy) is 1.